The molecule has 3 heteroatoms. The molecule has 0 aliphatic heterocycles. The molecule has 0 saturated heterocycles. The van der Waals surface area contributed by atoms with E-state index < -0.39 is 0 Å². The smallest absolute Gasteiger partial charge is 0.305 e. The van der Waals surface area contributed by atoms with Crippen molar-refractivity contribution >= 4 is 5.97 Å². The molecule has 0 aromatic carbocycles. The van der Waals surface area contributed by atoms with E-state index in [0.29, 0.717) is 13.0 Å². The lowest BCUT2D eigenvalue weighted by Gasteiger charge is -2.07. The predicted molar refractivity (Wildman–Crippen MR) is 107 cm³/mol. The molecule has 3 nitrogen and oxygen atoms in total. The van der Waals surface area contributed by atoms with Gasteiger partial charge in [-0.2, -0.15) is 0 Å². The van der Waals surface area contributed by atoms with Gasteiger partial charge in [0.2, 0.25) is 0 Å². The van der Waals surface area contributed by atoms with Gasteiger partial charge in [-0.05, 0) is 38.5 Å². The number of esters is 1. The van der Waals surface area contributed by atoms with Crippen LogP contribution in [0.25, 0.3) is 0 Å². The fraction of sp³-hybridized carbons (Fsp3) is 0.864. The van der Waals surface area contributed by atoms with E-state index in [1.165, 1.54) is 38.5 Å². The maximum absolute atomic E-state index is 11.4. The Bertz CT molecular complexity index is 312. The molecule has 0 aliphatic carbocycles. The van der Waals surface area contributed by atoms with Gasteiger partial charge in [0, 0.05) is 6.42 Å². The number of allylic oxidation sites excluding steroid dienone is 1. The van der Waals surface area contributed by atoms with Gasteiger partial charge in [-0.25, -0.2) is 0 Å². The highest BCUT2D eigenvalue weighted by molar-refractivity contribution is 5.69. The number of aliphatic hydroxyl groups excluding tert-OH is 1. The van der Waals surface area contributed by atoms with Crippen LogP contribution in [0.5, 0.6) is 0 Å². The van der Waals surface area contributed by atoms with Crippen LogP contribution in [0.15, 0.2) is 12.2 Å². The van der Waals surface area contributed by atoms with Crippen LogP contribution in [0.3, 0.4) is 0 Å². The number of ether oxygens (including phenoxy) is 1. The van der Waals surface area contributed by atoms with Crippen LogP contribution < -0.4 is 0 Å². The first-order valence-electron chi connectivity index (χ1n) is 10.7. The van der Waals surface area contributed by atoms with Crippen molar-refractivity contribution in [2.75, 3.05) is 6.61 Å². The molecule has 0 heterocycles. The number of hydrogen-bond donors (Lipinski definition) is 1. The van der Waals surface area contributed by atoms with E-state index in [1.54, 1.807) is 0 Å². The Kier molecular flexibility index (Phi) is 18.8. The maximum Gasteiger partial charge on any atom is 0.305 e. The lowest BCUT2D eigenvalue weighted by atomic mass is 10.1. The zero-order valence-corrected chi connectivity index (χ0v) is 16.8. The van der Waals surface area contributed by atoms with Crippen LogP contribution in [0.4, 0.5) is 0 Å². The molecule has 0 saturated carbocycles. The fourth-order valence-corrected chi connectivity index (χ4v) is 2.76. The summed E-state index contributed by atoms with van der Waals surface area (Å²) in [6.07, 6.45) is 20.2. The highest BCUT2D eigenvalue weighted by Crippen LogP contribution is 2.10. The lowest BCUT2D eigenvalue weighted by molar-refractivity contribution is -0.143. The summed E-state index contributed by atoms with van der Waals surface area (Å²) < 4.78 is 5.14. The first-order valence-corrected chi connectivity index (χ1v) is 10.7. The van der Waals surface area contributed by atoms with Gasteiger partial charge in [0.25, 0.3) is 0 Å². The van der Waals surface area contributed by atoms with Crippen molar-refractivity contribution in [3.63, 3.8) is 0 Å². The first-order chi connectivity index (χ1) is 12.2. The zero-order chi connectivity index (χ0) is 18.6. The van der Waals surface area contributed by atoms with Crippen molar-refractivity contribution in [3.8, 4) is 0 Å². The minimum Gasteiger partial charge on any atom is -0.466 e. The molecule has 0 aromatic heterocycles. The number of aliphatic hydroxyl groups is 1. The molecule has 148 valence electrons. The van der Waals surface area contributed by atoms with Gasteiger partial charge in [0.15, 0.2) is 0 Å². The molecule has 1 N–H and O–H groups in total. The summed E-state index contributed by atoms with van der Waals surface area (Å²) in [5, 5.41) is 9.87. The predicted octanol–water partition coefficient (Wildman–Crippen LogP) is 6.34. The van der Waals surface area contributed by atoms with Crippen LogP contribution >= 0.6 is 0 Å². The highest BCUT2D eigenvalue weighted by Gasteiger charge is 2.02. The third kappa shape index (κ3) is 19.3. The molecule has 0 unspecified atom stereocenters. The second-order valence-electron chi connectivity index (χ2n) is 7.09. The van der Waals surface area contributed by atoms with Crippen molar-refractivity contribution in [2.24, 2.45) is 0 Å². The highest BCUT2D eigenvalue weighted by atomic mass is 16.5. The van der Waals surface area contributed by atoms with Gasteiger partial charge in [0.1, 0.15) is 0 Å². The van der Waals surface area contributed by atoms with Crippen LogP contribution in [0.1, 0.15) is 110 Å². The Labute approximate surface area is 156 Å². The Hall–Kier alpha value is -0.830. The average molecular weight is 355 g/mol. The average Bonchev–Trinajstić information content (AvgIpc) is 2.60. The summed E-state index contributed by atoms with van der Waals surface area (Å²) >= 11 is 0. The summed E-state index contributed by atoms with van der Waals surface area (Å²) in [6, 6.07) is 0. The molecule has 0 fully saturated rings. The second-order valence-corrected chi connectivity index (χ2v) is 7.09. The second kappa shape index (κ2) is 19.5. The molecular formula is C22H42O3. The Balaban J connectivity index is 3.30. The van der Waals surface area contributed by atoms with Crippen molar-refractivity contribution in [2.45, 2.75) is 116 Å². The van der Waals surface area contributed by atoms with Gasteiger partial charge in [-0.3, -0.25) is 4.79 Å². The summed E-state index contributed by atoms with van der Waals surface area (Å²) in [7, 11) is 0. The molecule has 0 aromatic rings. The minimum absolute atomic E-state index is 0.0374. The van der Waals surface area contributed by atoms with Crippen LogP contribution in [-0.2, 0) is 9.53 Å². The van der Waals surface area contributed by atoms with Crippen LogP contribution in [0.2, 0.25) is 0 Å². The van der Waals surface area contributed by atoms with Gasteiger partial charge in [0.05, 0.1) is 12.7 Å². The molecular weight excluding hydrogens is 312 g/mol. The van der Waals surface area contributed by atoms with E-state index in [1.807, 2.05) is 0 Å². The Morgan fingerprint density at radius 1 is 0.880 bits per heavy atom. The van der Waals surface area contributed by atoms with Gasteiger partial charge in [-0.15, -0.1) is 0 Å². The lowest BCUT2D eigenvalue weighted by Crippen LogP contribution is -2.05. The summed E-state index contributed by atoms with van der Waals surface area (Å²) in [6.45, 7) is 4.89. The third-order valence-corrected chi connectivity index (χ3v) is 4.48. The molecule has 1 atom stereocenters. The molecule has 0 spiro atoms. The van der Waals surface area contributed by atoms with Crippen molar-refractivity contribution in [3.05, 3.63) is 12.2 Å². The minimum atomic E-state index is -0.162. The van der Waals surface area contributed by atoms with Crippen molar-refractivity contribution in [1.82, 2.24) is 0 Å². The normalized spacial score (nSPS) is 12.6. The SMILES string of the molecule is CCCCCC[C@@H](O)CC=CCCCCCCCC(=O)OCCCC. The number of carbonyl (C=O) groups is 1. The summed E-state index contributed by atoms with van der Waals surface area (Å²) in [4.78, 5) is 11.4. The zero-order valence-electron chi connectivity index (χ0n) is 16.8. The van der Waals surface area contributed by atoms with Gasteiger partial charge in [-0.1, -0.05) is 77.4 Å². The molecule has 25 heavy (non-hydrogen) atoms. The maximum atomic E-state index is 11.4. The monoisotopic (exact) mass is 354 g/mol. The van der Waals surface area contributed by atoms with E-state index in [4.69, 9.17) is 4.74 Å². The molecule has 0 bridgehead atoms. The molecule has 0 aliphatic rings. The fourth-order valence-electron chi connectivity index (χ4n) is 2.76. The van der Waals surface area contributed by atoms with Crippen LogP contribution in [-0.4, -0.2) is 23.8 Å². The number of carbonyl (C=O) groups excluding carboxylic acids is 1. The first kappa shape index (κ1) is 24.2. The quantitative estimate of drug-likeness (QED) is 0.177. The Morgan fingerprint density at radius 2 is 1.56 bits per heavy atom. The van der Waals surface area contributed by atoms with E-state index in [9.17, 15) is 9.90 Å². The standard InChI is InChI=1S/C22H42O3/c1-3-5-7-14-17-21(23)18-15-12-10-8-9-11-13-16-19-22(24)25-20-6-4-2/h12,15,21,23H,3-11,13-14,16-20H2,1-2H3/t21-/m1/s1. The van der Waals surface area contributed by atoms with Gasteiger partial charge < -0.3 is 9.84 Å². The van der Waals surface area contributed by atoms with E-state index in [2.05, 4.69) is 26.0 Å². The number of rotatable bonds is 18. The Morgan fingerprint density at radius 3 is 2.32 bits per heavy atom. The number of hydrogen-bond acceptors (Lipinski definition) is 3. The third-order valence-electron chi connectivity index (χ3n) is 4.48. The summed E-state index contributed by atoms with van der Waals surface area (Å²) in [5.74, 6) is -0.0374. The van der Waals surface area contributed by atoms with E-state index in [-0.39, 0.29) is 12.1 Å². The topological polar surface area (TPSA) is 46.5 Å². The summed E-state index contributed by atoms with van der Waals surface area (Å²) in [5.41, 5.74) is 0. The van der Waals surface area contributed by atoms with Crippen molar-refractivity contribution in [1.29, 1.82) is 0 Å². The molecule has 0 rings (SSSR count). The van der Waals surface area contributed by atoms with Gasteiger partial charge >= 0.3 is 5.97 Å². The largest absolute Gasteiger partial charge is 0.466 e. The molecule has 0 amide bonds. The molecule has 0 radical (unpaired) electrons. The van der Waals surface area contributed by atoms with Crippen LogP contribution in [0, 0.1) is 0 Å². The van der Waals surface area contributed by atoms with E-state index >= 15 is 0 Å². The van der Waals surface area contributed by atoms with Crippen molar-refractivity contribution < 1.29 is 14.6 Å². The van der Waals surface area contributed by atoms with E-state index in [0.717, 1.165) is 51.4 Å². The number of unbranched alkanes of at least 4 members (excludes halogenated alkanes) is 9.